The van der Waals surface area contributed by atoms with Crippen LogP contribution in [-0.2, 0) is 5.41 Å². The van der Waals surface area contributed by atoms with Crippen molar-refractivity contribution >= 4 is 5.69 Å². The van der Waals surface area contributed by atoms with Crippen molar-refractivity contribution in [1.29, 1.82) is 5.26 Å². The van der Waals surface area contributed by atoms with Gasteiger partial charge in [0.1, 0.15) is 6.07 Å². The Hall–Kier alpha value is -2.42. The summed E-state index contributed by atoms with van der Waals surface area (Å²) >= 11 is 0. The molecule has 3 heterocycles. The fraction of sp³-hybridized carbons (Fsp3) is 0.556. The smallest absolute Gasteiger partial charge is 0.224 e. The van der Waals surface area contributed by atoms with Gasteiger partial charge >= 0.3 is 0 Å². The minimum atomic E-state index is -0.0529. The van der Waals surface area contributed by atoms with Crippen LogP contribution < -0.4 is 4.90 Å². The van der Waals surface area contributed by atoms with Crippen LogP contribution in [0.5, 0.6) is 0 Å². The van der Waals surface area contributed by atoms with Crippen LogP contribution in [-0.4, -0.2) is 28.3 Å². The van der Waals surface area contributed by atoms with Crippen molar-refractivity contribution in [2.24, 2.45) is 5.92 Å². The molecule has 24 heavy (non-hydrogen) atoms. The van der Waals surface area contributed by atoms with Crippen molar-refractivity contribution in [2.75, 3.05) is 18.0 Å². The molecule has 5 rings (SSSR count). The summed E-state index contributed by atoms with van der Waals surface area (Å²) in [7, 11) is 0. The monoisotopic (exact) mass is 321 g/mol. The molecule has 2 aromatic heterocycles. The maximum absolute atomic E-state index is 9.39. The van der Waals surface area contributed by atoms with Crippen LogP contribution in [0.25, 0.3) is 0 Å². The quantitative estimate of drug-likeness (QED) is 0.865. The average molecular weight is 321 g/mol. The van der Waals surface area contributed by atoms with Crippen LogP contribution >= 0.6 is 0 Å². The zero-order valence-electron chi connectivity index (χ0n) is 13.5. The molecule has 0 bridgehead atoms. The highest BCUT2D eigenvalue weighted by Crippen LogP contribution is 2.52. The second kappa shape index (κ2) is 5.04. The molecule has 0 N–H and O–H groups in total. The summed E-state index contributed by atoms with van der Waals surface area (Å²) in [5.41, 5.74) is 1.56. The molecule has 3 fully saturated rings. The van der Waals surface area contributed by atoms with E-state index in [0.29, 0.717) is 17.4 Å². The molecule has 0 spiro atoms. The second-order valence-corrected chi connectivity index (χ2v) is 7.35. The first-order valence-electron chi connectivity index (χ1n) is 8.73. The fourth-order valence-electron chi connectivity index (χ4n) is 4.49. The Balaban J connectivity index is 1.50. The first-order chi connectivity index (χ1) is 11.8. The van der Waals surface area contributed by atoms with Crippen molar-refractivity contribution < 1.29 is 4.42 Å². The first-order valence-corrected chi connectivity index (χ1v) is 8.73. The molecule has 6 heteroatoms. The largest absolute Gasteiger partial charge is 0.424 e. The number of anilines is 1. The second-order valence-electron chi connectivity index (χ2n) is 7.35. The Bertz CT molecular complexity index is 821. The maximum Gasteiger partial charge on any atom is 0.224 e. The molecule has 2 aliphatic carbocycles. The minimum absolute atomic E-state index is 0.0529. The molecule has 0 amide bonds. The molecule has 1 saturated heterocycles. The van der Waals surface area contributed by atoms with E-state index in [0.717, 1.165) is 37.0 Å². The molecule has 2 aromatic rings. The fourth-order valence-corrected chi connectivity index (χ4v) is 4.49. The Morgan fingerprint density at radius 3 is 3.04 bits per heavy atom. The Kier molecular flexibility index (Phi) is 2.93. The summed E-state index contributed by atoms with van der Waals surface area (Å²) in [5, 5.41) is 18.1. The molecule has 3 aliphatic rings. The third-order valence-electron chi connectivity index (χ3n) is 5.93. The van der Waals surface area contributed by atoms with Crippen molar-refractivity contribution in [3.63, 3.8) is 0 Å². The van der Waals surface area contributed by atoms with Crippen LogP contribution in [0.2, 0.25) is 0 Å². The van der Waals surface area contributed by atoms with Crippen LogP contribution in [0, 0.1) is 17.2 Å². The zero-order valence-corrected chi connectivity index (χ0v) is 13.5. The predicted molar refractivity (Wildman–Crippen MR) is 86.5 cm³/mol. The van der Waals surface area contributed by atoms with E-state index in [4.69, 9.17) is 4.42 Å². The Labute approximate surface area is 140 Å². The summed E-state index contributed by atoms with van der Waals surface area (Å²) in [5.74, 6) is 2.64. The maximum atomic E-state index is 9.39. The number of hydrogen-bond donors (Lipinski definition) is 0. The lowest BCUT2D eigenvalue weighted by molar-refractivity contribution is 0.296. The van der Waals surface area contributed by atoms with Gasteiger partial charge in [-0.1, -0.05) is 6.42 Å². The van der Waals surface area contributed by atoms with Gasteiger partial charge in [-0.05, 0) is 37.7 Å². The van der Waals surface area contributed by atoms with E-state index in [-0.39, 0.29) is 5.41 Å². The van der Waals surface area contributed by atoms with Crippen molar-refractivity contribution in [2.45, 2.75) is 43.4 Å². The lowest BCUT2D eigenvalue weighted by atomic mass is 9.80. The van der Waals surface area contributed by atoms with Gasteiger partial charge in [0.25, 0.3) is 0 Å². The van der Waals surface area contributed by atoms with Crippen molar-refractivity contribution in [3.05, 3.63) is 35.8 Å². The highest BCUT2D eigenvalue weighted by molar-refractivity contribution is 5.59. The van der Waals surface area contributed by atoms with Gasteiger partial charge in [-0.15, -0.1) is 10.2 Å². The van der Waals surface area contributed by atoms with Gasteiger partial charge in [-0.25, -0.2) is 0 Å². The number of hydrogen-bond acceptors (Lipinski definition) is 6. The van der Waals surface area contributed by atoms with Crippen molar-refractivity contribution in [3.8, 4) is 6.07 Å². The zero-order chi connectivity index (χ0) is 16.1. The number of nitriles is 1. The van der Waals surface area contributed by atoms with E-state index in [2.05, 4.69) is 26.2 Å². The summed E-state index contributed by atoms with van der Waals surface area (Å²) in [6.07, 6.45) is 9.29. The SMILES string of the molecule is N#Cc1ccncc1N1C[C@@H]2CCC[C@]2(c2nnc(C3CC3)o2)C1. The number of fused-ring (bicyclic) bond motifs is 1. The number of rotatable bonds is 3. The van der Waals surface area contributed by atoms with Gasteiger partial charge < -0.3 is 9.32 Å². The minimum Gasteiger partial charge on any atom is -0.424 e. The molecule has 2 atom stereocenters. The first kappa shape index (κ1) is 14.0. The lowest BCUT2D eigenvalue weighted by Crippen LogP contribution is -2.32. The summed E-state index contributed by atoms with van der Waals surface area (Å²) in [6.45, 7) is 1.77. The molecular weight excluding hydrogens is 302 g/mol. The average Bonchev–Trinajstić information content (AvgIpc) is 3.05. The highest BCUT2D eigenvalue weighted by Gasteiger charge is 2.54. The van der Waals surface area contributed by atoms with Gasteiger partial charge in [0, 0.05) is 25.2 Å². The normalized spacial score (nSPS) is 28.8. The summed E-state index contributed by atoms with van der Waals surface area (Å²) < 4.78 is 6.11. The van der Waals surface area contributed by atoms with E-state index in [1.165, 1.54) is 25.7 Å². The third-order valence-corrected chi connectivity index (χ3v) is 5.93. The van der Waals surface area contributed by atoms with Crippen LogP contribution in [0.3, 0.4) is 0 Å². The van der Waals surface area contributed by atoms with Crippen LogP contribution in [0.1, 0.15) is 55.4 Å². The van der Waals surface area contributed by atoms with Gasteiger partial charge in [0.15, 0.2) is 0 Å². The summed E-state index contributed by atoms with van der Waals surface area (Å²) in [4.78, 5) is 6.51. The number of aromatic nitrogens is 3. The Morgan fingerprint density at radius 1 is 1.29 bits per heavy atom. The van der Waals surface area contributed by atoms with E-state index in [9.17, 15) is 5.26 Å². The van der Waals surface area contributed by atoms with Gasteiger partial charge in [-0.2, -0.15) is 5.26 Å². The van der Waals surface area contributed by atoms with Gasteiger partial charge in [-0.3, -0.25) is 4.98 Å². The molecule has 0 radical (unpaired) electrons. The Morgan fingerprint density at radius 2 is 2.21 bits per heavy atom. The highest BCUT2D eigenvalue weighted by atomic mass is 16.4. The summed E-state index contributed by atoms with van der Waals surface area (Å²) in [6, 6.07) is 4.07. The standard InChI is InChI=1S/C18H19N5O/c19-8-13-5-7-20-9-15(13)23-10-14-2-1-6-18(14,11-23)17-22-21-16(24-17)12-3-4-12/h5,7,9,12,14H,1-4,6,10-11H2/t14-,18-/m0/s1. The molecule has 0 aromatic carbocycles. The van der Waals surface area contributed by atoms with E-state index >= 15 is 0 Å². The molecule has 1 aliphatic heterocycles. The molecular formula is C18H19N5O. The molecule has 2 saturated carbocycles. The van der Waals surface area contributed by atoms with E-state index in [1.54, 1.807) is 18.5 Å². The lowest BCUT2D eigenvalue weighted by Gasteiger charge is -2.25. The molecule has 0 unspecified atom stereocenters. The van der Waals surface area contributed by atoms with E-state index in [1.807, 2.05) is 0 Å². The third kappa shape index (κ3) is 1.97. The van der Waals surface area contributed by atoms with Crippen LogP contribution in [0.15, 0.2) is 22.9 Å². The topological polar surface area (TPSA) is 78.8 Å². The number of pyridine rings is 1. The van der Waals surface area contributed by atoms with E-state index < -0.39 is 0 Å². The molecule has 122 valence electrons. The van der Waals surface area contributed by atoms with Gasteiger partial charge in [0.2, 0.25) is 11.8 Å². The molecule has 6 nitrogen and oxygen atoms in total. The predicted octanol–water partition coefficient (Wildman–Crippen LogP) is 2.77. The number of nitrogens with zero attached hydrogens (tertiary/aromatic N) is 5. The van der Waals surface area contributed by atoms with Gasteiger partial charge in [0.05, 0.1) is 22.9 Å². The van der Waals surface area contributed by atoms with Crippen LogP contribution in [0.4, 0.5) is 5.69 Å². The van der Waals surface area contributed by atoms with Crippen molar-refractivity contribution in [1.82, 2.24) is 15.2 Å².